The van der Waals surface area contributed by atoms with Crippen LogP contribution in [0.25, 0.3) is 0 Å². The molecule has 1 N–H and O–H groups in total. The zero-order valence-corrected chi connectivity index (χ0v) is 10.7. The summed E-state index contributed by atoms with van der Waals surface area (Å²) < 4.78 is 4.97. The van der Waals surface area contributed by atoms with Crippen molar-refractivity contribution in [1.82, 2.24) is 5.32 Å². The van der Waals surface area contributed by atoms with Crippen molar-refractivity contribution in [2.24, 2.45) is 5.92 Å². The number of rotatable bonds is 10. The molecule has 86 valence electrons. The molecule has 0 spiro atoms. The highest BCUT2D eigenvalue weighted by Crippen LogP contribution is 2.07. The lowest BCUT2D eigenvalue weighted by atomic mass is 10.2. The topological polar surface area (TPSA) is 21.3 Å². The summed E-state index contributed by atoms with van der Waals surface area (Å²) in [6, 6.07) is 0. The van der Waals surface area contributed by atoms with E-state index >= 15 is 0 Å². The van der Waals surface area contributed by atoms with Crippen LogP contribution in [-0.2, 0) is 4.74 Å². The molecule has 0 bridgehead atoms. The molecule has 0 rings (SSSR count). The summed E-state index contributed by atoms with van der Waals surface area (Å²) >= 11 is 2.05. The number of methoxy groups -OCH3 is 1. The molecule has 0 unspecified atom stereocenters. The van der Waals surface area contributed by atoms with Crippen LogP contribution in [0.1, 0.15) is 26.7 Å². The van der Waals surface area contributed by atoms with Gasteiger partial charge in [-0.3, -0.25) is 0 Å². The Labute approximate surface area is 93.2 Å². The van der Waals surface area contributed by atoms with Gasteiger partial charge < -0.3 is 10.1 Å². The predicted octanol–water partition coefficient (Wildman–Crippen LogP) is 2.39. The molecule has 0 atom stereocenters. The Morgan fingerprint density at radius 2 is 2.00 bits per heavy atom. The summed E-state index contributed by atoms with van der Waals surface area (Å²) in [5, 5.41) is 3.41. The second-order valence-corrected chi connectivity index (χ2v) is 5.12. The van der Waals surface area contributed by atoms with E-state index in [1.165, 1.54) is 17.9 Å². The molecule has 3 heteroatoms. The Morgan fingerprint density at radius 3 is 2.64 bits per heavy atom. The Morgan fingerprint density at radius 1 is 1.21 bits per heavy atom. The first-order chi connectivity index (χ1) is 6.77. The Bertz CT molecular complexity index is 109. The zero-order chi connectivity index (χ0) is 10.6. The van der Waals surface area contributed by atoms with Gasteiger partial charge in [-0.15, -0.1) is 0 Å². The van der Waals surface area contributed by atoms with Crippen LogP contribution in [0.15, 0.2) is 0 Å². The molecule has 0 heterocycles. The number of ether oxygens (including phenoxy) is 1. The van der Waals surface area contributed by atoms with Crippen LogP contribution in [0, 0.1) is 5.92 Å². The fourth-order valence-corrected chi connectivity index (χ4v) is 2.16. The van der Waals surface area contributed by atoms with Gasteiger partial charge >= 0.3 is 0 Å². The molecular weight excluding hydrogens is 194 g/mol. The summed E-state index contributed by atoms with van der Waals surface area (Å²) in [7, 11) is 1.75. The van der Waals surface area contributed by atoms with E-state index in [1.807, 2.05) is 0 Å². The number of hydrogen-bond donors (Lipinski definition) is 1. The third kappa shape index (κ3) is 12.3. The van der Waals surface area contributed by atoms with E-state index < -0.39 is 0 Å². The first-order valence-corrected chi connectivity index (χ1v) is 6.70. The first-order valence-electron chi connectivity index (χ1n) is 5.54. The molecule has 14 heavy (non-hydrogen) atoms. The third-order valence-corrected chi connectivity index (χ3v) is 2.98. The van der Waals surface area contributed by atoms with E-state index in [4.69, 9.17) is 4.74 Å². The second-order valence-electron chi connectivity index (χ2n) is 3.89. The highest BCUT2D eigenvalue weighted by atomic mass is 32.2. The van der Waals surface area contributed by atoms with Crippen molar-refractivity contribution < 1.29 is 4.74 Å². The van der Waals surface area contributed by atoms with E-state index in [9.17, 15) is 0 Å². The lowest BCUT2D eigenvalue weighted by Crippen LogP contribution is -2.19. The molecule has 0 aromatic carbocycles. The standard InChI is InChI=1S/C11H25NOS/c1-11(2)5-9-14-10-7-12-6-4-8-13-3/h11-12H,4-10H2,1-3H3. The smallest absolute Gasteiger partial charge is 0.0474 e. The van der Waals surface area contributed by atoms with Gasteiger partial charge in [-0.2, -0.15) is 11.8 Å². The van der Waals surface area contributed by atoms with Gasteiger partial charge in [0, 0.05) is 26.0 Å². The molecule has 0 aliphatic carbocycles. The maximum absolute atomic E-state index is 4.97. The average molecular weight is 219 g/mol. The van der Waals surface area contributed by atoms with Crippen molar-refractivity contribution >= 4 is 11.8 Å². The number of thioether (sulfide) groups is 1. The second kappa shape index (κ2) is 11.3. The summed E-state index contributed by atoms with van der Waals surface area (Å²) in [6.07, 6.45) is 2.46. The molecule has 0 aliphatic heterocycles. The lowest BCUT2D eigenvalue weighted by Gasteiger charge is -2.05. The maximum Gasteiger partial charge on any atom is 0.0474 e. The Kier molecular flexibility index (Phi) is 11.6. The molecule has 0 radical (unpaired) electrons. The Hall–Kier alpha value is 0.270. The van der Waals surface area contributed by atoms with Crippen molar-refractivity contribution in [1.29, 1.82) is 0 Å². The highest BCUT2D eigenvalue weighted by Gasteiger charge is 1.94. The van der Waals surface area contributed by atoms with Crippen LogP contribution in [0.4, 0.5) is 0 Å². The van der Waals surface area contributed by atoms with Crippen LogP contribution in [-0.4, -0.2) is 38.3 Å². The van der Waals surface area contributed by atoms with Gasteiger partial charge in [-0.25, -0.2) is 0 Å². The van der Waals surface area contributed by atoms with E-state index in [-0.39, 0.29) is 0 Å². The van der Waals surface area contributed by atoms with Crippen LogP contribution >= 0.6 is 11.8 Å². The van der Waals surface area contributed by atoms with Gasteiger partial charge in [0.05, 0.1) is 0 Å². The maximum atomic E-state index is 4.97. The van der Waals surface area contributed by atoms with E-state index in [0.717, 1.165) is 32.0 Å². The normalized spacial score (nSPS) is 11.1. The molecule has 0 amide bonds. The van der Waals surface area contributed by atoms with E-state index in [1.54, 1.807) is 7.11 Å². The fourth-order valence-electron chi connectivity index (χ4n) is 1.03. The quantitative estimate of drug-likeness (QED) is 0.570. The van der Waals surface area contributed by atoms with Crippen LogP contribution in [0.5, 0.6) is 0 Å². The molecule has 2 nitrogen and oxygen atoms in total. The van der Waals surface area contributed by atoms with Crippen LogP contribution in [0.2, 0.25) is 0 Å². The van der Waals surface area contributed by atoms with Gasteiger partial charge in [0.1, 0.15) is 0 Å². The summed E-state index contributed by atoms with van der Waals surface area (Å²) in [5.74, 6) is 3.38. The van der Waals surface area contributed by atoms with Crippen molar-refractivity contribution in [3.63, 3.8) is 0 Å². The minimum absolute atomic E-state index is 0.845. The minimum atomic E-state index is 0.845. The van der Waals surface area contributed by atoms with E-state index in [2.05, 4.69) is 30.9 Å². The van der Waals surface area contributed by atoms with Crippen molar-refractivity contribution in [3.05, 3.63) is 0 Å². The molecule has 0 aliphatic rings. The van der Waals surface area contributed by atoms with Gasteiger partial charge in [0.2, 0.25) is 0 Å². The van der Waals surface area contributed by atoms with Crippen molar-refractivity contribution in [3.8, 4) is 0 Å². The number of nitrogens with one attached hydrogen (secondary N) is 1. The fraction of sp³-hybridized carbons (Fsp3) is 1.00. The number of hydrogen-bond acceptors (Lipinski definition) is 3. The van der Waals surface area contributed by atoms with Gasteiger partial charge in [0.25, 0.3) is 0 Å². The predicted molar refractivity (Wildman–Crippen MR) is 66.1 cm³/mol. The molecule has 0 fully saturated rings. The van der Waals surface area contributed by atoms with Crippen molar-refractivity contribution in [2.45, 2.75) is 26.7 Å². The summed E-state index contributed by atoms with van der Waals surface area (Å²) in [6.45, 7) is 7.64. The zero-order valence-electron chi connectivity index (χ0n) is 9.84. The summed E-state index contributed by atoms with van der Waals surface area (Å²) in [5.41, 5.74) is 0. The Balaban J connectivity index is 2.85. The molecule has 0 aromatic heterocycles. The van der Waals surface area contributed by atoms with Crippen LogP contribution < -0.4 is 5.32 Å². The monoisotopic (exact) mass is 219 g/mol. The van der Waals surface area contributed by atoms with Crippen molar-refractivity contribution in [2.75, 3.05) is 38.3 Å². The molecule has 0 aromatic rings. The molecule has 0 saturated heterocycles. The SMILES string of the molecule is COCCCNCCSCCC(C)C. The largest absolute Gasteiger partial charge is 0.385 e. The molecule has 0 saturated carbocycles. The minimum Gasteiger partial charge on any atom is -0.385 e. The van der Waals surface area contributed by atoms with Gasteiger partial charge in [-0.05, 0) is 31.1 Å². The molecular formula is C11H25NOS. The third-order valence-electron chi connectivity index (χ3n) is 1.96. The first kappa shape index (κ1) is 14.3. The van der Waals surface area contributed by atoms with Gasteiger partial charge in [0.15, 0.2) is 0 Å². The lowest BCUT2D eigenvalue weighted by molar-refractivity contribution is 0.194. The summed E-state index contributed by atoms with van der Waals surface area (Å²) in [4.78, 5) is 0. The highest BCUT2D eigenvalue weighted by molar-refractivity contribution is 7.99. The average Bonchev–Trinajstić information content (AvgIpc) is 2.15. The van der Waals surface area contributed by atoms with E-state index in [0.29, 0.717) is 0 Å². The van der Waals surface area contributed by atoms with Gasteiger partial charge in [-0.1, -0.05) is 13.8 Å². The van der Waals surface area contributed by atoms with Crippen LogP contribution in [0.3, 0.4) is 0 Å².